The highest BCUT2D eigenvalue weighted by Gasteiger charge is 2.74. The zero-order valence-electron chi connectivity index (χ0n) is 16.4. The first-order chi connectivity index (χ1) is 14.4. The molecule has 1 aromatic rings. The third kappa shape index (κ3) is 4.48. The lowest BCUT2D eigenvalue weighted by atomic mass is 10.0. The average Bonchev–Trinajstić information content (AvgIpc) is 3.22. The first kappa shape index (κ1) is 26.4. The molecule has 3 unspecified atom stereocenters. The monoisotopic (exact) mass is 516 g/mol. The van der Waals surface area contributed by atoms with E-state index in [2.05, 4.69) is 9.47 Å². The molecule has 0 heterocycles. The maximum Gasteiger partial charge on any atom is 0.425 e. The topological polar surface area (TPSA) is 52.6 Å². The number of benzene rings is 1. The molecule has 32 heavy (non-hydrogen) atoms. The van der Waals surface area contributed by atoms with Crippen molar-refractivity contribution in [2.45, 2.75) is 44.0 Å². The van der Waals surface area contributed by atoms with Crippen LogP contribution in [0.4, 0.5) is 35.1 Å². The number of carbonyl (C=O) groups is 2. The van der Waals surface area contributed by atoms with E-state index in [0.29, 0.717) is 0 Å². The van der Waals surface area contributed by atoms with Crippen molar-refractivity contribution in [3.05, 3.63) is 34.6 Å². The second-order valence-electron chi connectivity index (χ2n) is 7.63. The van der Waals surface area contributed by atoms with E-state index in [9.17, 15) is 44.7 Å². The first-order valence-corrected chi connectivity index (χ1v) is 9.41. The molecule has 0 aliphatic heterocycles. The molecule has 3 atom stereocenters. The smallest absolute Gasteiger partial charge is 0.425 e. The second-order valence-corrected chi connectivity index (χ2v) is 9.02. The number of rotatable bonds is 6. The average molecular weight is 517 g/mol. The summed E-state index contributed by atoms with van der Waals surface area (Å²) < 4.78 is 113. The van der Waals surface area contributed by atoms with Crippen LogP contribution in [-0.2, 0) is 25.7 Å². The van der Waals surface area contributed by atoms with Gasteiger partial charge in [0.15, 0.2) is 23.3 Å². The van der Waals surface area contributed by atoms with Crippen LogP contribution >= 0.6 is 23.2 Å². The number of hydrogen-bond donors (Lipinski definition) is 0. The van der Waals surface area contributed by atoms with Gasteiger partial charge >= 0.3 is 18.1 Å². The number of carbonyl (C=O) groups excluding carboxylic acids is 2. The second kappa shape index (κ2) is 8.51. The summed E-state index contributed by atoms with van der Waals surface area (Å²) in [4.78, 5) is 23.7. The Morgan fingerprint density at radius 2 is 1.41 bits per heavy atom. The third-order valence-electron chi connectivity index (χ3n) is 5.18. The molecule has 1 aliphatic rings. The molecule has 0 saturated heterocycles. The van der Waals surface area contributed by atoms with E-state index in [1.165, 1.54) is 13.8 Å². The highest BCUT2D eigenvalue weighted by molar-refractivity contribution is 6.49. The quantitative estimate of drug-likeness (QED) is 0.168. The van der Waals surface area contributed by atoms with Crippen molar-refractivity contribution in [2.75, 3.05) is 0 Å². The minimum Gasteiger partial charge on any atom is -0.460 e. The molecule has 0 aromatic heterocycles. The van der Waals surface area contributed by atoms with Crippen LogP contribution in [0.15, 0.2) is 0 Å². The van der Waals surface area contributed by atoms with Gasteiger partial charge in [-0.05, 0) is 5.41 Å². The van der Waals surface area contributed by atoms with Crippen LogP contribution in [0.3, 0.4) is 0 Å². The molecule has 14 heteroatoms. The maximum absolute atomic E-state index is 13.7. The molecule has 0 amide bonds. The van der Waals surface area contributed by atoms with Crippen molar-refractivity contribution in [3.8, 4) is 0 Å². The minimum atomic E-state index is -5.29. The van der Waals surface area contributed by atoms with Gasteiger partial charge in [-0.25, -0.2) is 22.0 Å². The molecule has 0 radical (unpaired) electrons. The van der Waals surface area contributed by atoms with Gasteiger partial charge in [0.25, 0.3) is 0 Å². The zero-order valence-corrected chi connectivity index (χ0v) is 17.9. The molecule has 4 nitrogen and oxygen atoms in total. The number of esters is 2. The molecule has 1 saturated carbocycles. The standard InChI is InChI=1S/C18H14Cl2F8O4/c1-5(29)32-14(17(19,20)18(26,27)28)7-8(16(7,2)3)15(30)31-4-6-9(21)11(23)13(25)12(24)10(6)22/h7-8,14H,4H2,1-3H3. The van der Waals surface area contributed by atoms with Crippen molar-refractivity contribution in [1.29, 1.82) is 0 Å². The fraction of sp³-hybridized carbons (Fsp3) is 0.556. The van der Waals surface area contributed by atoms with Crippen LogP contribution in [0.2, 0.25) is 0 Å². The molecular weight excluding hydrogens is 503 g/mol. The van der Waals surface area contributed by atoms with Gasteiger partial charge in [0.05, 0.1) is 11.5 Å². The third-order valence-corrected chi connectivity index (χ3v) is 6.04. The van der Waals surface area contributed by atoms with Crippen LogP contribution in [0.25, 0.3) is 0 Å². The minimum absolute atomic E-state index is 0.777. The lowest BCUT2D eigenvalue weighted by molar-refractivity contribution is -0.181. The summed E-state index contributed by atoms with van der Waals surface area (Å²) in [7, 11) is 0. The van der Waals surface area contributed by atoms with Gasteiger partial charge in [0.2, 0.25) is 10.2 Å². The summed E-state index contributed by atoms with van der Waals surface area (Å²) in [5, 5.41) is 0. The summed E-state index contributed by atoms with van der Waals surface area (Å²) in [6.45, 7) is 1.92. The van der Waals surface area contributed by atoms with Crippen molar-refractivity contribution in [2.24, 2.45) is 17.3 Å². The van der Waals surface area contributed by atoms with Crippen molar-refractivity contribution >= 4 is 35.1 Å². The Bertz CT molecular complexity index is 919. The molecule has 0 spiro atoms. The lowest BCUT2D eigenvalue weighted by Gasteiger charge is -2.32. The molecule has 180 valence electrons. The van der Waals surface area contributed by atoms with Crippen molar-refractivity contribution in [1.82, 2.24) is 0 Å². The van der Waals surface area contributed by atoms with Crippen LogP contribution in [0.5, 0.6) is 0 Å². The summed E-state index contributed by atoms with van der Waals surface area (Å²) >= 11 is 10.8. The SMILES string of the molecule is CC(=O)OC(C1C(C(=O)OCc2c(F)c(F)c(F)c(F)c2F)C1(C)C)C(Cl)(Cl)C(F)(F)F. The van der Waals surface area contributed by atoms with Crippen LogP contribution in [0, 0.1) is 46.3 Å². The summed E-state index contributed by atoms with van der Waals surface area (Å²) in [6, 6.07) is 0. The first-order valence-electron chi connectivity index (χ1n) is 8.66. The zero-order chi connectivity index (χ0) is 25.0. The fourth-order valence-electron chi connectivity index (χ4n) is 3.42. The van der Waals surface area contributed by atoms with Crippen LogP contribution < -0.4 is 0 Å². The van der Waals surface area contributed by atoms with Gasteiger partial charge in [0.1, 0.15) is 12.7 Å². The largest absolute Gasteiger partial charge is 0.460 e. The van der Waals surface area contributed by atoms with E-state index >= 15 is 0 Å². The van der Waals surface area contributed by atoms with Gasteiger partial charge < -0.3 is 9.47 Å². The van der Waals surface area contributed by atoms with E-state index in [1.807, 2.05) is 0 Å². The molecule has 1 aliphatic carbocycles. The number of halogens is 10. The predicted molar refractivity (Wildman–Crippen MR) is 92.8 cm³/mol. The molecule has 1 aromatic carbocycles. The molecular formula is C18H14Cl2F8O4. The Hall–Kier alpha value is -1.82. The number of alkyl halides is 5. The Labute approximate surface area is 185 Å². The van der Waals surface area contributed by atoms with Gasteiger partial charge in [-0.3, -0.25) is 9.59 Å². The summed E-state index contributed by atoms with van der Waals surface area (Å²) in [5.74, 6) is -16.9. The Kier molecular flexibility index (Phi) is 7.03. The number of ether oxygens (including phenoxy) is 2. The maximum atomic E-state index is 13.7. The summed E-state index contributed by atoms with van der Waals surface area (Å²) in [6.07, 6.45) is -7.57. The lowest BCUT2D eigenvalue weighted by Crippen LogP contribution is -2.49. The van der Waals surface area contributed by atoms with Gasteiger partial charge in [-0.1, -0.05) is 37.0 Å². The molecule has 2 rings (SSSR count). The van der Waals surface area contributed by atoms with E-state index in [0.717, 1.165) is 6.92 Å². The Balaban J connectivity index is 2.29. The van der Waals surface area contributed by atoms with Gasteiger partial charge in [0, 0.05) is 12.8 Å². The highest BCUT2D eigenvalue weighted by atomic mass is 35.5. The van der Waals surface area contributed by atoms with E-state index in [-0.39, 0.29) is 0 Å². The van der Waals surface area contributed by atoms with Crippen molar-refractivity contribution in [3.63, 3.8) is 0 Å². The normalized spacial score (nSPS) is 21.2. The van der Waals surface area contributed by atoms with Gasteiger partial charge in [-0.2, -0.15) is 13.2 Å². The van der Waals surface area contributed by atoms with E-state index < -0.39 is 87.1 Å². The molecule has 0 bridgehead atoms. The highest BCUT2D eigenvalue weighted by Crippen LogP contribution is 2.65. The summed E-state index contributed by atoms with van der Waals surface area (Å²) in [5.41, 5.74) is -2.81. The van der Waals surface area contributed by atoms with E-state index in [1.54, 1.807) is 0 Å². The van der Waals surface area contributed by atoms with Crippen LogP contribution in [-0.4, -0.2) is 28.6 Å². The fourth-order valence-corrected chi connectivity index (χ4v) is 3.78. The predicted octanol–water partition coefficient (Wildman–Crippen LogP) is 5.37. The number of hydrogen-bond acceptors (Lipinski definition) is 4. The van der Waals surface area contributed by atoms with Crippen molar-refractivity contribution < 1.29 is 54.2 Å². The Morgan fingerprint density at radius 1 is 0.969 bits per heavy atom. The molecule has 0 N–H and O–H groups in total. The van der Waals surface area contributed by atoms with Gasteiger partial charge in [-0.15, -0.1) is 0 Å². The van der Waals surface area contributed by atoms with Crippen LogP contribution in [0.1, 0.15) is 26.3 Å². The molecule has 1 fully saturated rings. The van der Waals surface area contributed by atoms with E-state index in [4.69, 9.17) is 23.2 Å². The Morgan fingerprint density at radius 3 is 1.81 bits per heavy atom.